The highest BCUT2D eigenvalue weighted by atomic mass is 28.4. The molecular formula is C16H37NO2Si. The van der Waals surface area contributed by atoms with Crippen molar-refractivity contribution in [1.82, 2.24) is 0 Å². The van der Waals surface area contributed by atoms with E-state index in [0.29, 0.717) is 0 Å². The molecule has 0 saturated carbocycles. The third-order valence-corrected chi connectivity index (χ3v) is 7.24. The predicted octanol–water partition coefficient (Wildman–Crippen LogP) is 4.60. The van der Waals surface area contributed by atoms with E-state index in [1.807, 2.05) is 0 Å². The number of hydrogen-bond acceptors (Lipinski definition) is 3. The predicted molar refractivity (Wildman–Crippen MR) is 90.3 cm³/mol. The van der Waals surface area contributed by atoms with Crippen LogP contribution in [0.4, 0.5) is 0 Å². The van der Waals surface area contributed by atoms with Crippen LogP contribution in [-0.2, 0) is 8.85 Å². The van der Waals surface area contributed by atoms with Crippen LogP contribution in [0.1, 0.15) is 72.6 Å². The first-order valence-electron chi connectivity index (χ1n) is 8.63. The number of hydrogen-bond donors (Lipinski definition) is 1. The Labute approximate surface area is 127 Å². The van der Waals surface area contributed by atoms with Crippen molar-refractivity contribution in [3.05, 3.63) is 0 Å². The Morgan fingerprint density at radius 1 is 0.850 bits per heavy atom. The summed E-state index contributed by atoms with van der Waals surface area (Å²) in [6.07, 6.45) is 8.08. The number of nitrogens with two attached hydrogens (primary N) is 1. The number of rotatable bonds is 14. The molecule has 0 fully saturated rings. The third-order valence-electron chi connectivity index (χ3n) is 3.62. The molecule has 122 valence electrons. The van der Waals surface area contributed by atoms with Gasteiger partial charge in [-0.1, -0.05) is 46.5 Å². The van der Waals surface area contributed by atoms with Crippen LogP contribution in [0.25, 0.3) is 0 Å². The van der Waals surface area contributed by atoms with Gasteiger partial charge in [0.15, 0.2) is 0 Å². The molecule has 0 spiro atoms. The largest absolute Gasteiger partial charge is 0.394 e. The first-order chi connectivity index (χ1) is 9.60. The average Bonchev–Trinajstić information content (AvgIpc) is 2.43. The van der Waals surface area contributed by atoms with Crippen LogP contribution in [-0.4, -0.2) is 27.8 Å². The summed E-state index contributed by atoms with van der Waals surface area (Å²) in [6, 6.07) is 2.43. The van der Waals surface area contributed by atoms with Crippen LogP contribution < -0.4 is 5.73 Å². The van der Waals surface area contributed by atoms with Gasteiger partial charge in [0.25, 0.3) is 0 Å². The normalized spacial score (nSPS) is 13.7. The van der Waals surface area contributed by atoms with Crippen molar-refractivity contribution in [3.63, 3.8) is 0 Å². The summed E-state index contributed by atoms with van der Waals surface area (Å²) in [6.45, 7) is 10.5. The highest BCUT2D eigenvalue weighted by molar-refractivity contribution is 6.67. The van der Waals surface area contributed by atoms with Gasteiger partial charge in [-0.25, -0.2) is 0 Å². The van der Waals surface area contributed by atoms with Gasteiger partial charge < -0.3 is 14.6 Å². The maximum absolute atomic E-state index is 6.33. The molecular weight excluding hydrogens is 266 g/mol. The van der Waals surface area contributed by atoms with Crippen molar-refractivity contribution in [1.29, 1.82) is 0 Å². The lowest BCUT2D eigenvalue weighted by atomic mass is 10.3. The van der Waals surface area contributed by atoms with Crippen LogP contribution in [0.5, 0.6) is 0 Å². The maximum Gasteiger partial charge on any atom is 0.338 e. The summed E-state index contributed by atoms with van der Waals surface area (Å²) in [7, 11) is -2.03. The molecule has 1 atom stereocenters. The standard InChI is InChI=1S/C16H37NO2Si/c1-5-8-12-18-20(14-10-7-3,15-11-16(4)17)19-13-9-6-2/h16H,5-15,17H2,1-4H3. The van der Waals surface area contributed by atoms with Gasteiger partial charge in [0.1, 0.15) is 0 Å². The quantitative estimate of drug-likeness (QED) is 0.377. The van der Waals surface area contributed by atoms with Gasteiger partial charge in [0.2, 0.25) is 0 Å². The van der Waals surface area contributed by atoms with Crippen molar-refractivity contribution >= 4 is 8.56 Å². The van der Waals surface area contributed by atoms with E-state index in [1.165, 1.54) is 25.7 Å². The summed E-state index contributed by atoms with van der Waals surface area (Å²) >= 11 is 0. The molecule has 0 aliphatic carbocycles. The highest BCUT2D eigenvalue weighted by Gasteiger charge is 2.36. The lowest BCUT2D eigenvalue weighted by molar-refractivity contribution is 0.160. The van der Waals surface area contributed by atoms with Crippen LogP contribution in [0.3, 0.4) is 0 Å². The second-order valence-corrected chi connectivity index (χ2v) is 9.33. The lowest BCUT2D eigenvalue weighted by Crippen LogP contribution is -2.43. The Morgan fingerprint density at radius 2 is 1.35 bits per heavy atom. The van der Waals surface area contributed by atoms with Gasteiger partial charge in [-0.05, 0) is 38.3 Å². The summed E-state index contributed by atoms with van der Waals surface area (Å²) in [5.74, 6) is 0. The zero-order valence-corrected chi connectivity index (χ0v) is 15.2. The molecule has 0 rings (SSSR count). The second kappa shape index (κ2) is 12.8. The molecule has 0 aliphatic rings. The fourth-order valence-electron chi connectivity index (χ4n) is 2.15. The first kappa shape index (κ1) is 20.1. The van der Waals surface area contributed by atoms with Crippen molar-refractivity contribution in [2.24, 2.45) is 5.73 Å². The molecule has 0 aromatic rings. The Morgan fingerprint density at radius 3 is 1.75 bits per heavy atom. The van der Waals surface area contributed by atoms with E-state index in [9.17, 15) is 0 Å². The van der Waals surface area contributed by atoms with Gasteiger partial charge in [-0.2, -0.15) is 0 Å². The molecule has 2 N–H and O–H groups in total. The Kier molecular flexibility index (Phi) is 12.9. The highest BCUT2D eigenvalue weighted by Crippen LogP contribution is 2.25. The molecule has 0 saturated heterocycles. The summed E-state index contributed by atoms with van der Waals surface area (Å²) in [4.78, 5) is 0. The van der Waals surface area contributed by atoms with Crippen LogP contribution >= 0.6 is 0 Å². The molecule has 0 amide bonds. The topological polar surface area (TPSA) is 44.5 Å². The van der Waals surface area contributed by atoms with Gasteiger partial charge in [-0.3, -0.25) is 0 Å². The van der Waals surface area contributed by atoms with Gasteiger partial charge in [0.05, 0.1) is 0 Å². The molecule has 1 unspecified atom stereocenters. The summed E-state index contributed by atoms with van der Waals surface area (Å²) in [5, 5.41) is 0. The van der Waals surface area contributed by atoms with Crippen molar-refractivity contribution in [2.45, 2.75) is 90.8 Å². The van der Waals surface area contributed by atoms with E-state index >= 15 is 0 Å². The average molecular weight is 304 g/mol. The first-order valence-corrected chi connectivity index (χ1v) is 10.9. The van der Waals surface area contributed by atoms with E-state index in [0.717, 1.165) is 44.6 Å². The second-order valence-electron chi connectivity index (χ2n) is 5.93. The SMILES string of the molecule is CCCCO[Si](CCCC)(CCC(C)N)OCCCC. The monoisotopic (exact) mass is 303 g/mol. The fraction of sp³-hybridized carbons (Fsp3) is 1.00. The minimum Gasteiger partial charge on any atom is -0.394 e. The van der Waals surface area contributed by atoms with E-state index in [4.69, 9.17) is 14.6 Å². The zero-order chi connectivity index (χ0) is 15.3. The minimum absolute atomic E-state index is 0.244. The van der Waals surface area contributed by atoms with Crippen LogP contribution in [0.2, 0.25) is 12.1 Å². The molecule has 0 heterocycles. The summed E-state index contributed by atoms with van der Waals surface area (Å²) in [5.41, 5.74) is 5.95. The van der Waals surface area contributed by atoms with Gasteiger partial charge >= 0.3 is 8.56 Å². The molecule has 0 aliphatic heterocycles. The molecule has 0 aromatic carbocycles. The molecule has 20 heavy (non-hydrogen) atoms. The molecule has 0 bridgehead atoms. The maximum atomic E-state index is 6.33. The Balaban J connectivity index is 4.56. The van der Waals surface area contributed by atoms with E-state index in [-0.39, 0.29) is 6.04 Å². The molecule has 4 heteroatoms. The van der Waals surface area contributed by atoms with Crippen molar-refractivity contribution in [3.8, 4) is 0 Å². The smallest absolute Gasteiger partial charge is 0.338 e. The molecule has 0 aromatic heterocycles. The Bertz CT molecular complexity index is 203. The third kappa shape index (κ3) is 9.92. The molecule has 0 radical (unpaired) electrons. The van der Waals surface area contributed by atoms with Crippen LogP contribution in [0, 0.1) is 0 Å². The fourth-order valence-corrected chi connectivity index (χ4v) is 5.88. The van der Waals surface area contributed by atoms with E-state index < -0.39 is 8.56 Å². The lowest BCUT2D eigenvalue weighted by Gasteiger charge is -2.31. The van der Waals surface area contributed by atoms with Crippen molar-refractivity contribution < 1.29 is 8.85 Å². The zero-order valence-electron chi connectivity index (χ0n) is 14.2. The van der Waals surface area contributed by atoms with Crippen LogP contribution in [0.15, 0.2) is 0 Å². The number of unbranched alkanes of at least 4 members (excludes halogenated alkanes) is 3. The Hall–Kier alpha value is 0.0969. The summed E-state index contributed by atoms with van der Waals surface area (Å²) < 4.78 is 12.7. The molecule has 3 nitrogen and oxygen atoms in total. The minimum atomic E-state index is -2.03. The van der Waals surface area contributed by atoms with Gasteiger partial charge in [-0.15, -0.1) is 0 Å². The van der Waals surface area contributed by atoms with Crippen molar-refractivity contribution in [2.75, 3.05) is 13.2 Å². The van der Waals surface area contributed by atoms with Gasteiger partial charge in [0, 0.05) is 19.3 Å². The van der Waals surface area contributed by atoms with E-state index in [2.05, 4.69) is 27.7 Å². The van der Waals surface area contributed by atoms with E-state index in [1.54, 1.807) is 0 Å².